The smallest absolute Gasteiger partial charge is 0.191 e. The lowest BCUT2D eigenvalue weighted by Gasteiger charge is -2.02. The van der Waals surface area contributed by atoms with Crippen LogP contribution in [-0.2, 0) is 19.2 Å². The fourth-order valence-electron chi connectivity index (χ4n) is 2.17. The molecule has 3 heterocycles. The summed E-state index contributed by atoms with van der Waals surface area (Å²) in [5.41, 5.74) is 2.10. The van der Waals surface area contributed by atoms with E-state index in [1.807, 2.05) is 24.6 Å². The molecule has 3 aromatic heterocycles. The first-order chi connectivity index (χ1) is 10.7. The number of furan rings is 1. The third kappa shape index (κ3) is 3.10. The second-order valence-electron chi connectivity index (χ2n) is 5.03. The first-order valence-electron chi connectivity index (χ1n) is 7.19. The number of hydrogen-bond acceptors (Lipinski definition) is 6. The lowest BCUT2D eigenvalue weighted by molar-refractivity contribution is 0.534. The SMILES string of the molecule is CCCc1nc(CSc2nnc(-c3ccoc3C)n2C)cs1. The Kier molecular flexibility index (Phi) is 4.63. The summed E-state index contributed by atoms with van der Waals surface area (Å²) in [6.45, 7) is 4.11. The normalized spacial score (nSPS) is 11.2. The molecular formula is C15H18N4OS2. The highest BCUT2D eigenvalue weighted by Crippen LogP contribution is 2.27. The molecule has 0 N–H and O–H groups in total. The van der Waals surface area contributed by atoms with Crippen molar-refractivity contribution >= 4 is 23.1 Å². The van der Waals surface area contributed by atoms with Crippen LogP contribution in [0.4, 0.5) is 0 Å². The summed E-state index contributed by atoms with van der Waals surface area (Å²) >= 11 is 3.40. The Morgan fingerprint density at radius 1 is 1.36 bits per heavy atom. The van der Waals surface area contributed by atoms with Crippen molar-refractivity contribution in [2.24, 2.45) is 7.05 Å². The van der Waals surface area contributed by atoms with Gasteiger partial charge in [0.1, 0.15) is 5.76 Å². The van der Waals surface area contributed by atoms with Crippen LogP contribution in [0.5, 0.6) is 0 Å². The Morgan fingerprint density at radius 2 is 2.23 bits per heavy atom. The molecule has 0 saturated heterocycles. The van der Waals surface area contributed by atoms with Gasteiger partial charge in [-0.3, -0.25) is 0 Å². The third-order valence-electron chi connectivity index (χ3n) is 3.35. The van der Waals surface area contributed by atoms with Crippen molar-refractivity contribution in [2.45, 2.75) is 37.6 Å². The predicted molar refractivity (Wildman–Crippen MR) is 89.1 cm³/mol. The lowest BCUT2D eigenvalue weighted by Crippen LogP contribution is -1.95. The van der Waals surface area contributed by atoms with E-state index >= 15 is 0 Å². The van der Waals surface area contributed by atoms with E-state index in [-0.39, 0.29) is 0 Å². The van der Waals surface area contributed by atoms with Crippen LogP contribution in [0.2, 0.25) is 0 Å². The Balaban J connectivity index is 1.71. The molecule has 7 heteroatoms. The molecule has 0 fully saturated rings. The van der Waals surface area contributed by atoms with Crippen molar-refractivity contribution in [3.63, 3.8) is 0 Å². The van der Waals surface area contributed by atoms with Gasteiger partial charge in [0.2, 0.25) is 0 Å². The third-order valence-corrected chi connectivity index (χ3v) is 5.36. The summed E-state index contributed by atoms with van der Waals surface area (Å²) in [5, 5.41) is 12.8. The van der Waals surface area contributed by atoms with Crippen LogP contribution in [0.1, 0.15) is 29.8 Å². The van der Waals surface area contributed by atoms with E-state index in [0.29, 0.717) is 0 Å². The number of hydrogen-bond donors (Lipinski definition) is 0. The first-order valence-corrected chi connectivity index (χ1v) is 9.05. The standard InChI is InChI=1S/C15H18N4OS2/c1-4-5-13-16-11(8-21-13)9-22-15-18-17-14(19(15)3)12-6-7-20-10(12)2/h6-8H,4-5,9H2,1-3H3. The molecule has 0 unspecified atom stereocenters. The van der Waals surface area contributed by atoms with E-state index in [1.165, 1.54) is 5.01 Å². The fraction of sp³-hybridized carbons (Fsp3) is 0.400. The molecule has 0 aliphatic heterocycles. The van der Waals surface area contributed by atoms with Gasteiger partial charge in [0, 0.05) is 18.2 Å². The van der Waals surface area contributed by atoms with Crippen LogP contribution in [0.3, 0.4) is 0 Å². The molecule has 116 valence electrons. The van der Waals surface area contributed by atoms with Crippen molar-refractivity contribution in [2.75, 3.05) is 0 Å². The molecule has 0 amide bonds. The van der Waals surface area contributed by atoms with Gasteiger partial charge < -0.3 is 8.98 Å². The highest BCUT2D eigenvalue weighted by atomic mass is 32.2. The van der Waals surface area contributed by atoms with Crippen LogP contribution < -0.4 is 0 Å². The molecule has 5 nitrogen and oxygen atoms in total. The largest absolute Gasteiger partial charge is 0.469 e. The van der Waals surface area contributed by atoms with Crippen LogP contribution in [0.25, 0.3) is 11.4 Å². The molecule has 22 heavy (non-hydrogen) atoms. The zero-order valence-electron chi connectivity index (χ0n) is 12.9. The summed E-state index contributed by atoms with van der Waals surface area (Å²) in [6, 6.07) is 1.92. The summed E-state index contributed by atoms with van der Waals surface area (Å²) in [4.78, 5) is 4.64. The van der Waals surface area contributed by atoms with Gasteiger partial charge in [-0.2, -0.15) is 0 Å². The van der Waals surface area contributed by atoms with Crippen LogP contribution in [0.15, 0.2) is 27.3 Å². The number of nitrogens with zero attached hydrogens (tertiary/aromatic N) is 4. The van der Waals surface area contributed by atoms with E-state index in [1.54, 1.807) is 29.4 Å². The second-order valence-corrected chi connectivity index (χ2v) is 6.91. The molecular weight excluding hydrogens is 316 g/mol. The monoisotopic (exact) mass is 334 g/mol. The van der Waals surface area contributed by atoms with Gasteiger partial charge in [0.25, 0.3) is 0 Å². The number of aryl methyl sites for hydroxylation is 2. The number of rotatable bonds is 6. The fourth-order valence-corrected chi connectivity index (χ4v) is 3.98. The van der Waals surface area contributed by atoms with E-state index in [0.717, 1.165) is 46.6 Å². The molecule has 0 bridgehead atoms. The van der Waals surface area contributed by atoms with Crippen molar-refractivity contribution in [1.82, 2.24) is 19.7 Å². The minimum atomic E-state index is 0.816. The first kappa shape index (κ1) is 15.3. The van der Waals surface area contributed by atoms with E-state index in [2.05, 4.69) is 27.5 Å². The number of aromatic nitrogens is 4. The average molecular weight is 334 g/mol. The van der Waals surface area contributed by atoms with Gasteiger partial charge in [0.15, 0.2) is 11.0 Å². The van der Waals surface area contributed by atoms with E-state index < -0.39 is 0 Å². The quantitative estimate of drug-likeness (QED) is 0.636. The molecule has 3 rings (SSSR count). The number of thioether (sulfide) groups is 1. The Bertz CT molecular complexity index is 759. The zero-order valence-corrected chi connectivity index (χ0v) is 14.5. The van der Waals surface area contributed by atoms with Gasteiger partial charge in [-0.15, -0.1) is 21.5 Å². The highest BCUT2D eigenvalue weighted by molar-refractivity contribution is 7.98. The average Bonchev–Trinajstić information content (AvgIpc) is 3.19. The Hall–Kier alpha value is -1.60. The van der Waals surface area contributed by atoms with Gasteiger partial charge >= 0.3 is 0 Å². The minimum Gasteiger partial charge on any atom is -0.469 e. The van der Waals surface area contributed by atoms with Crippen LogP contribution >= 0.6 is 23.1 Å². The summed E-state index contributed by atoms with van der Waals surface area (Å²) in [7, 11) is 1.98. The van der Waals surface area contributed by atoms with Gasteiger partial charge in [-0.1, -0.05) is 18.7 Å². The van der Waals surface area contributed by atoms with Gasteiger partial charge in [-0.25, -0.2) is 4.98 Å². The van der Waals surface area contributed by atoms with Gasteiger partial charge in [-0.05, 0) is 25.8 Å². The summed E-state index contributed by atoms with van der Waals surface area (Å²) in [5.74, 6) is 2.51. The molecule has 3 aromatic rings. The maximum atomic E-state index is 5.34. The summed E-state index contributed by atoms with van der Waals surface area (Å²) < 4.78 is 7.34. The molecule has 0 radical (unpaired) electrons. The zero-order chi connectivity index (χ0) is 15.5. The van der Waals surface area contributed by atoms with Crippen LogP contribution in [0, 0.1) is 6.92 Å². The van der Waals surface area contributed by atoms with Crippen LogP contribution in [-0.4, -0.2) is 19.7 Å². The predicted octanol–water partition coefficient (Wildman–Crippen LogP) is 4.08. The maximum Gasteiger partial charge on any atom is 0.191 e. The Morgan fingerprint density at radius 3 is 2.95 bits per heavy atom. The van der Waals surface area contributed by atoms with E-state index in [9.17, 15) is 0 Å². The highest BCUT2D eigenvalue weighted by Gasteiger charge is 2.15. The second kappa shape index (κ2) is 6.66. The van der Waals surface area contributed by atoms with E-state index in [4.69, 9.17) is 4.42 Å². The molecule has 0 saturated carbocycles. The molecule has 0 aliphatic rings. The van der Waals surface area contributed by atoms with Crippen molar-refractivity contribution in [1.29, 1.82) is 0 Å². The molecule has 0 aliphatic carbocycles. The van der Waals surface area contributed by atoms with Gasteiger partial charge in [0.05, 0.1) is 22.5 Å². The Labute approximate surface area is 137 Å². The topological polar surface area (TPSA) is 56.7 Å². The summed E-state index contributed by atoms with van der Waals surface area (Å²) in [6.07, 6.45) is 3.87. The minimum absolute atomic E-state index is 0.816. The maximum absolute atomic E-state index is 5.34. The molecule has 0 aromatic carbocycles. The van der Waals surface area contributed by atoms with Crippen molar-refractivity contribution in [3.8, 4) is 11.4 Å². The lowest BCUT2D eigenvalue weighted by atomic mass is 10.2. The van der Waals surface area contributed by atoms with Crippen molar-refractivity contribution in [3.05, 3.63) is 34.2 Å². The number of thiazole rings is 1. The molecule has 0 atom stereocenters. The van der Waals surface area contributed by atoms with Crippen molar-refractivity contribution < 1.29 is 4.42 Å². The molecule has 0 spiro atoms.